The van der Waals surface area contributed by atoms with Gasteiger partial charge in [-0.3, -0.25) is 4.79 Å². The Balaban J connectivity index is 1.50. The van der Waals surface area contributed by atoms with Crippen LogP contribution in [0, 0.1) is 5.92 Å². The van der Waals surface area contributed by atoms with Crippen LogP contribution in [-0.2, 0) is 27.3 Å². The summed E-state index contributed by atoms with van der Waals surface area (Å²) in [6.45, 7) is 3.26. The maximum atomic E-state index is 13.1. The predicted octanol–water partition coefficient (Wildman–Crippen LogP) is 4.77. The van der Waals surface area contributed by atoms with Crippen molar-refractivity contribution in [3.63, 3.8) is 0 Å². The van der Waals surface area contributed by atoms with Gasteiger partial charge in [0, 0.05) is 5.92 Å². The summed E-state index contributed by atoms with van der Waals surface area (Å²) in [6, 6.07) is 19.6. The molecule has 1 aliphatic heterocycles. The SMILES string of the molecule is CC[C@H](CC=CCOCc1ccccc1)C(=O)N1C(=O)OC[C@@H]1Cc1ccccc1. The molecule has 1 heterocycles. The number of amides is 2. The van der Waals surface area contributed by atoms with Crippen molar-refractivity contribution < 1.29 is 19.1 Å². The van der Waals surface area contributed by atoms with Crippen LogP contribution in [0.25, 0.3) is 0 Å². The Bertz CT molecular complexity index is 835. The molecule has 0 N–H and O–H groups in total. The lowest BCUT2D eigenvalue weighted by Gasteiger charge is -2.23. The summed E-state index contributed by atoms with van der Waals surface area (Å²) in [5.74, 6) is -0.407. The minimum absolute atomic E-state index is 0.157. The van der Waals surface area contributed by atoms with Crippen LogP contribution in [0.3, 0.4) is 0 Å². The summed E-state index contributed by atoms with van der Waals surface area (Å²) >= 11 is 0. The Labute approximate surface area is 178 Å². The van der Waals surface area contributed by atoms with Crippen molar-refractivity contribution >= 4 is 12.0 Å². The standard InChI is InChI=1S/C25H29NO4/c1-2-22(15-9-10-16-29-18-21-13-7-4-8-14-21)24(27)26-23(19-30-25(26)28)17-20-11-5-3-6-12-20/h3-14,22-23H,2,15-19H2,1H3/t22-,23+/m1/s1. The number of cyclic esters (lactones) is 1. The molecule has 0 bridgehead atoms. The molecule has 1 fully saturated rings. The van der Waals surface area contributed by atoms with Crippen LogP contribution < -0.4 is 0 Å². The topological polar surface area (TPSA) is 55.8 Å². The van der Waals surface area contributed by atoms with Gasteiger partial charge in [-0.25, -0.2) is 9.69 Å². The maximum absolute atomic E-state index is 13.1. The summed E-state index contributed by atoms with van der Waals surface area (Å²) in [5, 5.41) is 0. The van der Waals surface area contributed by atoms with Gasteiger partial charge in [0.15, 0.2) is 0 Å². The molecule has 0 aromatic heterocycles. The van der Waals surface area contributed by atoms with E-state index in [2.05, 4.69) is 0 Å². The Morgan fingerprint density at radius 3 is 2.43 bits per heavy atom. The van der Waals surface area contributed by atoms with Crippen molar-refractivity contribution in [2.75, 3.05) is 13.2 Å². The second-order valence-electron chi connectivity index (χ2n) is 7.44. The second kappa shape index (κ2) is 11.3. The fraction of sp³-hybridized carbons (Fsp3) is 0.360. The first-order valence-electron chi connectivity index (χ1n) is 10.5. The van der Waals surface area contributed by atoms with Crippen molar-refractivity contribution in [1.29, 1.82) is 0 Å². The number of imide groups is 1. The first kappa shape index (κ1) is 21.8. The largest absolute Gasteiger partial charge is 0.447 e. The highest BCUT2D eigenvalue weighted by molar-refractivity contribution is 5.94. The number of carbonyl (C=O) groups excluding carboxylic acids is 2. The Kier molecular flexibility index (Phi) is 8.21. The van der Waals surface area contributed by atoms with Gasteiger partial charge in [-0.15, -0.1) is 0 Å². The first-order valence-corrected chi connectivity index (χ1v) is 10.5. The lowest BCUT2D eigenvalue weighted by atomic mass is 9.98. The number of ether oxygens (including phenoxy) is 2. The van der Waals surface area contributed by atoms with E-state index < -0.39 is 6.09 Å². The molecular formula is C25H29NO4. The highest BCUT2D eigenvalue weighted by Crippen LogP contribution is 2.23. The average molecular weight is 408 g/mol. The summed E-state index contributed by atoms with van der Waals surface area (Å²) < 4.78 is 10.8. The third-order valence-corrected chi connectivity index (χ3v) is 5.27. The number of nitrogens with zero attached hydrogens (tertiary/aromatic N) is 1. The molecule has 0 aliphatic carbocycles. The van der Waals surface area contributed by atoms with Crippen molar-refractivity contribution in [2.45, 2.75) is 38.8 Å². The fourth-order valence-corrected chi connectivity index (χ4v) is 3.55. The number of allylic oxidation sites excluding steroid dienone is 1. The van der Waals surface area contributed by atoms with Crippen molar-refractivity contribution in [3.8, 4) is 0 Å². The van der Waals surface area contributed by atoms with Crippen LogP contribution in [0.4, 0.5) is 4.79 Å². The summed E-state index contributed by atoms with van der Waals surface area (Å²) in [7, 11) is 0. The van der Waals surface area contributed by atoms with Gasteiger partial charge in [0.05, 0.1) is 19.3 Å². The molecule has 1 saturated heterocycles. The van der Waals surface area contributed by atoms with Gasteiger partial charge in [-0.05, 0) is 30.4 Å². The van der Waals surface area contributed by atoms with E-state index in [1.54, 1.807) is 0 Å². The highest BCUT2D eigenvalue weighted by Gasteiger charge is 2.39. The maximum Gasteiger partial charge on any atom is 0.416 e. The molecule has 0 spiro atoms. The molecule has 2 amide bonds. The minimum atomic E-state index is -0.533. The van der Waals surface area contributed by atoms with Gasteiger partial charge in [0.2, 0.25) is 5.91 Å². The van der Waals surface area contributed by atoms with E-state index in [4.69, 9.17) is 9.47 Å². The number of benzene rings is 2. The van der Waals surface area contributed by atoms with Gasteiger partial charge in [0.1, 0.15) is 6.61 Å². The van der Waals surface area contributed by atoms with E-state index in [-0.39, 0.29) is 24.5 Å². The van der Waals surface area contributed by atoms with Gasteiger partial charge in [-0.2, -0.15) is 0 Å². The van der Waals surface area contributed by atoms with Crippen LogP contribution in [0.1, 0.15) is 30.9 Å². The molecule has 2 atom stereocenters. The number of rotatable bonds is 10. The molecule has 158 valence electrons. The number of carbonyl (C=O) groups is 2. The van der Waals surface area contributed by atoms with E-state index in [1.807, 2.05) is 79.7 Å². The van der Waals surface area contributed by atoms with E-state index >= 15 is 0 Å². The monoisotopic (exact) mass is 407 g/mol. The Morgan fingerprint density at radius 2 is 1.77 bits per heavy atom. The second-order valence-corrected chi connectivity index (χ2v) is 7.44. The molecule has 0 saturated carbocycles. The van der Waals surface area contributed by atoms with Crippen molar-refractivity contribution in [1.82, 2.24) is 4.90 Å². The zero-order chi connectivity index (χ0) is 21.2. The normalized spacial score (nSPS) is 17.3. The molecular weight excluding hydrogens is 378 g/mol. The van der Waals surface area contributed by atoms with Gasteiger partial charge >= 0.3 is 6.09 Å². The summed E-state index contributed by atoms with van der Waals surface area (Å²) in [6.07, 6.45) is 5.21. The molecule has 0 radical (unpaired) electrons. The smallest absolute Gasteiger partial charge is 0.416 e. The molecule has 30 heavy (non-hydrogen) atoms. The van der Waals surface area contributed by atoms with Gasteiger partial charge in [-0.1, -0.05) is 79.7 Å². The fourth-order valence-electron chi connectivity index (χ4n) is 3.55. The minimum Gasteiger partial charge on any atom is -0.447 e. The molecule has 2 aromatic rings. The van der Waals surface area contributed by atoms with E-state index in [1.165, 1.54) is 4.90 Å². The number of hydrogen-bond acceptors (Lipinski definition) is 4. The van der Waals surface area contributed by atoms with Gasteiger partial charge < -0.3 is 9.47 Å². The molecule has 5 heteroatoms. The highest BCUT2D eigenvalue weighted by atomic mass is 16.6. The lowest BCUT2D eigenvalue weighted by molar-refractivity contribution is -0.133. The predicted molar refractivity (Wildman–Crippen MR) is 116 cm³/mol. The molecule has 5 nitrogen and oxygen atoms in total. The molecule has 2 aromatic carbocycles. The van der Waals surface area contributed by atoms with E-state index in [0.29, 0.717) is 32.5 Å². The van der Waals surface area contributed by atoms with E-state index in [9.17, 15) is 9.59 Å². The average Bonchev–Trinajstić information content (AvgIpc) is 3.14. The third kappa shape index (κ3) is 6.04. The van der Waals surface area contributed by atoms with Crippen LogP contribution in [0.15, 0.2) is 72.8 Å². The van der Waals surface area contributed by atoms with Crippen molar-refractivity contribution in [3.05, 3.63) is 83.9 Å². The van der Waals surface area contributed by atoms with Gasteiger partial charge in [0.25, 0.3) is 0 Å². The summed E-state index contributed by atoms with van der Waals surface area (Å²) in [5.41, 5.74) is 2.21. The Hall–Kier alpha value is -2.92. The first-order chi connectivity index (χ1) is 14.7. The van der Waals surface area contributed by atoms with Crippen LogP contribution >= 0.6 is 0 Å². The lowest BCUT2D eigenvalue weighted by Crippen LogP contribution is -2.43. The van der Waals surface area contributed by atoms with Crippen molar-refractivity contribution in [2.24, 2.45) is 5.92 Å². The molecule has 3 rings (SSSR count). The van der Waals surface area contributed by atoms with E-state index in [0.717, 1.165) is 11.1 Å². The summed E-state index contributed by atoms with van der Waals surface area (Å²) in [4.78, 5) is 26.6. The Morgan fingerprint density at radius 1 is 1.10 bits per heavy atom. The third-order valence-electron chi connectivity index (χ3n) is 5.27. The molecule has 0 unspecified atom stereocenters. The van der Waals surface area contributed by atoms with Crippen LogP contribution in [0.5, 0.6) is 0 Å². The zero-order valence-corrected chi connectivity index (χ0v) is 17.4. The molecule has 1 aliphatic rings. The number of hydrogen-bond donors (Lipinski definition) is 0. The quantitative estimate of drug-likeness (QED) is 0.421. The zero-order valence-electron chi connectivity index (χ0n) is 17.4. The van der Waals surface area contributed by atoms with Crippen LogP contribution in [0.2, 0.25) is 0 Å². The van der Waals surface area contributed by atoms with Crippen LogP contribution in [-0.4, -0.2) is 36.2 Å².